The van der Waals surface area contributed by atoms with Gasteiger partial charge >= 0.3 is 0 Å². The minimum Gasteiger partial charge on any atom is -0.349 e. The van der Waals surface area contributed by atoms with Crippen molar-refractivity contribution in [3.05, 3.63) is 29.3 Å². The molecular weight excluding hydrogens is 324 g/mol. The lowest BCUT2D eigenvalue weighted by Gasteiger charge is -2.31. The van der Waals surface area contributed by atoms with Crippen molar-refractivity contribution >= 4 is 25.6 Å². The molecule has 1 amide bonds. The molecule has 116 valence electrons. The molecule has 0 radical (unpaired) electrons. The summed E-state index contributed by atoms with van der Waals surface area (Å²) in [4.78, 5) is 11.0. The highest BCUT2D eigenvalue weighted by Gasteiger charge is 2.28. The van der Waals surface area contributed by atoms with Crippen molar-refractivity contribution in [1.29, 1.82) is 0 Å². The monoisotopic (exact) mass is 337 g/mol. The number of carbonyl (C=O) groups excluding carboxylic acids is 1. The fraction of sp³-hybridized carbons (Fsp3) is 0.462. The Morgan fingerprint density at radius 3 is 2.48 bits per heavy atom. The second kappa shape index (κ2) is 5.88. The molecule has 0 bridgehead atoms. The Labute approximate surface area is 125 Å². The van der Waals surface area contributed by atoms with Gasteiger partial charge in [0.15, 0.2) is 5.82 Å². The van der Waals surface area contributed by atoms with Gasteiger partial charge in [-0.05, 0) is 37.8 Å². The topological polar surface area (TPSA) is 63.2 Å². The van der Waals surface area contributed by atoms with E-state index in [1.165, 1.54) is 0 Å². The molecule has 4 nitrogen and oxygen atoms in total. The van der Waals surface area contributed by atoms with Crippen molar-refractivity contribution in [2.45, 2.75) is 37.1 Å². The number of carbonyl (C=O) groups is 1. The average Bonchev–Trinajstić information content (AvgIpc) is 2.27. The van der Waals surface area contributed by atoms with Crippen LogP contribution in [-0.2, 0) is 9.05 Å². The van der Waals surface area contributed by atoms with E-state index in [-0.39, 0.29) is 6.04 Å². The summed E-state index contributed by atoms with van der Waals surface area (Å²) in [5, 5.41) is 2.56. The van der Waals surface area contributed by atoms with Crippen molar-refractivity contribution in [1.82, 2.24) is 5.32 Å². The smallest absolute Gasteiger partial charge is 0.264 e. The molecule has 8 heteroatoms. The maximum Gasteiger partial charge on any atom is 0.264 e. The number of rotatable bonds is 4. The molecule has 1 aliphatic rings. The highest BCUT2D eigenvalue weighted by Crippen LogP contribution is 2.30. The van der Waals surface area contributed by atoms with Crippen LogP contribution >= 0.6 is 10.7 Å². The predicted octanol–water partition coefficient (Wildman–Crippen LogP) is 2.81. The Balaban J connectivity index is 2.30. The maximum absolute atomic E-state index is 14.1. The molecule has 2 rings (SSSR count). The first-order valence-electron chi connectivity index (χ1n) is 6.44. The highest BCUT2D eigenvalue weighted by atomic mass is 35.7. The number of hydrogen-bond donors (Lipinski definition) is 1. The number of hydrogen-bond acceptors (Lipinski definition) is 3. The zero-order chi connectivity index (χ0) is 15.8. The van der Waals surface area contributed by atoms with E-state index in [9.17, 15) is 22.0 Å². The van der Waals surface area contributed by atoms with Gasteiger partial charge in [-0.1, -0.05) is 6.42 Å². The van der Waals surface area contributed by atoms with Gasteiger partial charge in [-0.15, -0.1) is 0 Å². The highest BCUT2D eigenvalue weighted by molar-refractivity contribution is 8.13. The van der Waals surface area contributed by atoms with Crippen LogP contribution in [0.1, 0.15) is 36.5 Å². The first kappa shape index (κ1) is 16.2. The van der Waals surface area contributed by atoms with Crippen LogP contribution in [-0.4, -0.2) is 20.4 Å². The molecule has 0 saturated heterocycles. The van der Waals surface area contributed by atoms with E-state index < -0.39 is 37.1 Å². The summed E-state index contributed by atoms with van der Waals surface area (Å²) >= 11 is 0. The van der Waals surface area contributed by atoms with E-state index in [2.05, 4.69) is 5.32 Å². The summed E-state index contributed by atoms with van der Waals surface area (Å²) in [6, 6.07) is 0.915. The third-order valence-electron chi connectivity index (χ3n) is 3.73. The zero-order valence-corrected chi connectivity index (χ0v) is 12.8. The maximum atomic E-state index is 14.1. The summed E-state index contributed by atoms with van der Waals surface area (Å²) in [6.07, 6.45) is 3.01. The van der Waals surface area contributed by atoms with Crippen LogP contribution in [0.5, 0.6) is 0 Å². The minimum atomic E-state index is -4.47. The summed E-state index contributed by atoms with van der Waals surface area (Å²) in [5.41, 5.74) is -0.666. The number of halogens is 3. The number of amides is 1. The molecule has 0 spiro atoms. The molecule has 1 saturated carbocycles. The Morgan fingerprint density at radius 1 is 1.38 bits per heavy atom. The van der Waals surface area contributed by atoms with Crippen molar-refractivity contribution in [2.24, 2.45) is 5.92 Å². The van der Waals surface area contributed by atoms with Gasteiger partial charge in [0.1, 0.15) is 10.7 Å². The Kier molecular flexibility index (Phi) is 4.53. The molecule has 1 atom stereocenters. The second-order valence-corrected chi connectivity index (χ2v) is 7.69. The van der Waals surface area contributed by atoms with E-state index in [0.29, 0.717) is 18.1 Å². The molecule has 0 heterocycles. The Hall–Kier alpha value is -1.21. The Bertz CT molecular complexity index is 674. The van der Waals surface area contributed by atoms with E-state index >= 15 is 0 Å². The van der Waals surface area contributed by atoms with Gasteiger partial charge in [-0.2, -0.15) is 0 Å². The van der Waals surface area contributed by atoms with E-state index in [1.54, 1.807) is 6.92 Å². The number of nitrogens with one attached hydrogen (secondary N) is 1. The van der Waals surface area contributed by atoms with Gasteiger partial charge in [-0.3, -0.25) is 4.79 Å². The molecule has 0 aromatic heterocycles. The predicted molar refractivity (Wildman–Crippen MR) is 73.7 cm³/mol. The van der Waals surface area contributed by atoms with Crippen LogP contribution in [0.2, 0.25) is 0 Å². The van der Waals surface area contributed by atoms with Gasteiger partial charge in [0.05, 0.1) is 5.56 Å². The largest absolute Gasteiger partial charge is 0.349 e. The van der Waals surface area contributed by atoms with Gasteiger partial charge in [0.25, 0.3) is 15.0 Å². The molecule has 0 aliphatic heterocycles. The first-order chi connectivity index (χ1) is 9.70. The van der Waals surface area contributed by atoms with Crippen LogP contribution in [0, 0.1) is 17.6 Å². The van der Waals surface area contributed by atoms with Crippen LogP contribution in [0.4, 0.5) is 8.78 Å². The molecule has 1 unspecified atom stereocenters. The lowest BCUT2D eigenvalue weighted by molar-refractivity contribution is 0.0904. The fourth-order valence-electron chi connectivity index (χ4n) is 2.25. The van der Waals surface area contributed by atoms with Crippen molar-refractivity contribution in [2.75, 3.05) is 0 Å². The molecular formula is C13H14ClF2NO3S. The van der Waals surface area contributed by atoms with E-state index in [0.717, 1.165) is 19.3 Å². The Morgan fingerprint density at radius 2 is 2.00 bits per heavy atom. The summed E-state index contributed by atoms with van der Waals surface area (Å²) < 4.78 is 49.8. The normalized spacial score (nSPS) is 17.1. The molecule has 1 fully saturated rings. The third kappa shape index (κ3) is 3.52. The summed E-state index contributed by atoms with van der Waals surface area (Å²) in [5.74, 6) is -2.93. The SMILES string of the molecule is CC(NC(=O)c1cc(F)cc(S(=O)(=O)Cl)c1F)C1CCC1. The van der Waals surface area contributed by atoms with E-state index in [1.807, 2.05) is 0 Å². The number of benzene rings is 1. The van der Waals surface area contributed by atoms with Gasteiger partial charge in [0.2, 0.25) is 0 Å². The van der Waals surface area contributed by atoms with Crippen LogP contribution in [0.15, 0.2) is 17.0 Å². The standard InChI is InChI=1S/C13H14ClF2NO3S/c1-7(8-3-2-4-8)17-13(18)10-5-9(15)6-11(12(10)16)21(14,19)20/h5-8H,2-4H2,1H3,(H,17,18). The van der Waals surface area contributed by atoms with Crippen LogP contribution < -0.4 is 5.32 Å². The molecule has 1 aliphatic carbocycles. The molecule has 1 N–H and O–H groups in total. The van der Waals surface area contributed by atoms with Gasteiger partial charge in [-0.25, -0.2) is 17.2 Å². The van der Waals surface area contributed by atoms with Crippen molar-refractivity contribution < 1.29 is 22.0 Å². The average molecular weight is 338 g/mol. The first-order valence-corrected chi connectivity index (χ1v) is 8.75. The third-order valence-corrected chi connectivity index (χ3v) is 5.05. The van der Waals surface area contributed by atoms with Crippen molar-refractivity contribution in [3.63, 3.8) is 0 Å². The summed E-state index contributed by atoms with van der Waals surface area (Å²) in [6.45, 7) is 1.78. The van der Waals surface area contributed by atoms with Gasteiger partial charge in [0, 0.05) is 16.7 Å². The molecule has 1 aromatic carbocycles. The lowest BCUT2D eigenvalue weighted by atomic mass is 9.80. The second-order valence-electron chi connectivity index (χ2n) is 5.16. The van der Waals surface area contributed by atoms with Crippen molar-refractivity contribution in [3.8, 4) is 0 Å². The molecule has 1 aromatic rings. The fourth-order valence-corrected chi connectivity index (χ4v) is 3.16. The van der Waals surface area contributed by atoms with Gasteiger partial charge < -0.3 is 5.32 Å². The molecule has 21 heavy (non-hydrogen) atoms. The zero-order valence-electron chi connectivity index (χ0n) is 11.2. The lowest BCUT2D eigenvalue weighted by Crippen LogP contribution is -2.41. The van der Waals surface area contributed by atoms with Crippen LogP contribution in [0.25, 0.3) is 0 Å². The van der Waals surface area contributed by atoms with E-state index in [4.69, 9.17) is 10.7 Å². The summed E-state index contributed by atoms with van der Waals surface area (Å²) in [7, 11) is 0.561. The van der Waals surface area contributed by atoms with Crippen LogP contribution in [0.3, 0.4) is 0 Å². The minimum absolute atomic E-state index is 0.190. The quantitative estimate of drug-likeness (QED) is 0.859.